The van der Waals surface area contributed by atoms with E-state index >= 15 is 0 Å². The van der Waals surface area contributed by atoms with Gasteiger partial charge in [-0.1, -0.05) is 0 Å². The molecule has 4 heterocycles. The third-order valence-electron chi connectivity index (χ3n) is 5.05. The second-order valence-corrected chi connectivity index (χ2v) is 6.78. The van der Waals surface area contributed by atoms with Crippen LogP contribution in [0.5, 0.6) is 0 Å². The summed E-state index contributed by atoms with van der Waals surface area (Å²) in [6, 6.07) is 6.32. The molecule has 0 bridgehead atoms. The molecule has 0 aliphatic carbocycles. The van der Waals surface area contributed by atoms with Crippen molar-refractivity contribution in [2.75, 3.05) is 13.1 Å². The largest absolute Gasteiger partial charge is 0.299 e. The predicted molar refractivity (Wildman–Crippen MR) is 94.0 cm³/mol. The van der Waals surface area contributed by atoms with E-state index < -0.39 is 0 Å². The summed E-state index contributed by atoms with van der Waals surface area (Å²) in [6.07, 6.45) is 8.10. The zero-order valence-corrected chi connectivity index (χ0v) is 14.3. The molecule has 3 aromatic rings. The van der Waals surface area contributed by atoms with E-state index in [1.807, 2.05) is 36.1 Å². The van der Waals surface area contributed by atoms with E-state index in [1.54, 1.807) is 0 Å². The molecule has 0 amide bonds. The van der Waals surface area contributed by atoms with Crippen molar-refractivity contribution >= 4 is 5.65 Å². The highest BCUT2D eigenvalue weighted by molar-refractivity contribution is 5.40. The zero-order chi connectivity index (χ0) is 16.5. The summed E-state index contributed by atoms with van der Waals surface area (Å²) in [7, 11) is 0. The maximum atomic E-state index is 4.62. The molecule has 3 aromatic heterocycles. The molecular formula is C19H23N5. The van der Waals surface area contributed by atoms with Crippen LogP contribution >= 0.6 is 0 Å². The Morgan fingerprint density at radius 1 is 1.12 bits per heavy atom. The van der Waals surface area contributed by atoms with Crippen molar-refractivity contribution in [2.24, 2.45) is 0 Å². The quantitative estimate of drug-likeness (QED) is 0.743. The van der Waals surface area contributed by atoms with E-state index in [-0.39, 0.29) is 0 Å². The van der Waals surface area contributed by atoms with Gasteiger partial charge in [-0.15, -0.1) is 0 Å². The minimum Gasteiger partial charge on any atom is -0.299 e. The summed E-state index contributed by atoms with van der Waals surface area (Å²) < 4.78 is 2.03. The number of piperidine rings is 1. The van der Waals surface area contributed by atoms with Crippen LogP contribution in [0.25, 0.3) is 5.65 Å². The maximum Gasteiger partial charge on any atom is 0.155 e. The van der Waals surface area contributed by atoms with Crippen LogP contribution in [0.4, 0.5) is 0 Å². The van der Waals surface area contributed by atoms with Crippen LogP contribution in [0.1, 0.15) is 41.3 Å². The van der Waals surface area contributed by atoms with Gasteiger partial charge in [-0.25, -0.2) is 9.50 Å². The Kier molecular flexibility index (Phi) is 4.02. The van der Waals surface area contributed by atoms with Crippen molar-refractivity contribution < 1.29 is 0 Å². The number of pyridine rings is 1. The molecule has 1 aliphatic rings. The number of nitrogens with zero attached hydrogens (tertiary/aromatic N) is 5. The van der Waals surface area contributed by atoms with Crippen LogP contribution in [0, 0.1) is 13.8 Å². The number of hydrogen-bond donors (Lipinski definition) is 0. The summed E-state index contributed by atoms with van der Waals surface area (Å²) >= 11 is 0. The molecule has 0 radical (unpaired) electrons. The Hall–Kier alpha value is -2.27. The molecule has 0 aromatic carbocycles. The van der Waals surface area contributed by atoms with Crippen LogP contribution in [0.2, 0.25) is 0 Å². The molecule has 0 atom stereocenters. The molecule has 0 N–H and O–H groups in total. The second-order valence-electron chi connectivity index (χ2n) is 6.78. The van der Waals surface area contributed by atoms with Crippen molar-refractivity contribution in [3.8, 4) is 0 Å². The van der Waals surface area contributed by atoms with Crippen LogP contribution in [-0.2, 0) is 6.54 Å². The van der Waals surface area contributed by atoms with E-state index in [0.29, 0.717) is 5.92 Å². The molecule has 24 heavy (non-hydrogen) atoms. The fourth-order valence-corrected chi connectivity index (χ4v) is 3.64. The van der Waals surface area contributed by atoms with Gasteiger partial charge < -0.3 is 0 Å². The summed E-state index contributed by atoms with van der Waals surface area (Å²) in [4.78, 5) is 11.2. The van der Waals surface area contributed by atoms with Crippen molar-refractivity contribution in [2.45, 2.75) is 39.2 Å². The molecule has 5 heteroatoms. The van der Waals surface area contributed by atoms with E-state index in [9.17, 15) is 0 Å². The molecule has 1 saturated heterocycles. The van der Waals surface area contributed by atoms with Gasteiger partial charge in [-0.2, -0.15) is 5.10 Å². The fourth-order valence-electron chi connectivity index (χ4n) is 3.64. The van der Waals surface area contributed by atoms with Crippen molar-refractivity contribution in [3.63, 3.8) is 0 Å². The average molecular weight is 321 g/mol. The van der Waals surface area contributed by atoms with Crippen molar-refractivity contribution in [1.82, 2.24) is 24.5 Å². The van der Waals surface area contributed by atoms with Gasteiger partial charge in [-0.05, 0) is 63.0 Å². The average Bonchev–Trinajstić information content (AvgIpc) is 2.98. The third kappa shape index (κ3) is 2.91. The standard InChI is InChI=1S/C19H23N5/c1-14-12-20-7-3-17(14)13-23-9-5-16(6-10-23)18-4-8-21-19-11-15(2)22-24(18)19/h3-4,7-8,11-12,16H,5-6,9-10,13H2,1-2H3. The summed E-state index contributed by atoms with van der Waals surface area (Å²) in [6.45, 7) is 7.43. The fraction of sp³-hybridized carbons (Fsp3) is 0.421. The first kappa shape index (κ1) is 15.3. The van der Waals surface area contributed by atoms with E-state index in [2.05, 4.69) is 39.0 Å². The normalized spacial score (nSPS) is 16.8. The lowest BCUT2D eigenvalue weighted by atomic mass is 9.93. The van der Waals surface area contributed by atoms with Gasteiger partial charge in [0.1, 0.15) is 0 Å². The predicted octanol–water partition coefficient (Wildman–Crippen LogP) is 3.12. The summed E-state index contributed by atoms with van der Waals surface area (Å²) in [5, 5.41) is 4.62. The SMILES string of the molecule is Cc1cc2nccc(C3CCN(Cc4ccncc4C)CC3)n2n1. The minimum absolute atomic E-state index is 0.560. The van der Waals surface area contributed by atoms with Gasteiger partial charge in [0.15, 0.2) is 5.65 Å². The van der Waals surface area contributed by atoms with E-state index in [1.165, 1.54) is 29.7 Å². The van der Waals surface area contributed by atoms with Crippen LogP contribution < -0.4 is 0 Å². The highest BCUT2D eigenvalue weighted by Crippen LogP contribution is 2.29. The monoisotopic (exact) mass is 321 g/mol. The molecule has 0 saturated carbocycles. The highest BCUT2D eigenvalue weighted by atomic mass is 15.3. The molecule has 5 nitrogen and oxygen atoms in total. The number of fused-ring (bicyclic) bond motifs is 1. The Labute approximate surface area is 142 Å². The summed E-state index contributed by atoms with van der Waals surface area (Å²) in [5.41, 5.74) is 5.95. The number of likely N-dealkylation sites (tertiary alicyclic amines) is 1. The van der Waals surface area contributed by atoms with Crippen LogP contribution in [0.15, 0.2) is 36.8 Å². The van der Waals surface area contributed by atoms with Crippen molar-refractivity contribution in [3.05, 3.63) is 59.3 Å². The van der Waals surface area contributed by atoms with Gasteiger partial charge in [0, 0.05) is 42.8 Å². The Morgan fingerprint density at radius 3 is 2.75 bits per heavy atom. The first-order chi connectivity index (χ1) is 11.7. The van der Waals surface area contributed by atoms with Gasteiger partial charge >= 0.3 is 0 Å². The highest BCUT2D eigenvalue weighted by Gasteiger charge is 2.23. The molecule has 124 valence electrons. The van der Waals surface area contributed by atoms with Gasteiger partial charge in [0.05, 0.1) is 5.69 Å². The first-order valence-electron chi connectivity index (χ1n) is 8.64. The minimum atomic E-state index is 0.560. The van der Waals surface area contributed by atoms with E-state index in [4.69, 9.17) is 0 Å². The van der Waals surface area contributed by atoms with Crippen molar-refractivity contribution in [1.29, 1.82) is 0 Å². The summed E-state index contributed by atoms with van der Waals surface area (Å²) in [5.74, 6) is 0.560. The lowest BCUT2D eigenvalue weighted by Crippen LogP contribution is -2.33. The molecular weight excluding hydrogens is 298 g/mol. The van der Waals surface area contributed by atoms with Gasteiger partial charge in [-0.3, -0.25) is 9.88 Å². The Morgan fingerprint density at radius 2 is 1.96 bits per heavy atom. The Bertz CT molecular complexity index is 846. The number of aryl methyl sites for hydroxylation is 2. The Balaban J connectivity index is 1.47. The smallest absolute Gasteiger partial charge is 0.155 e. The lowest BCUT2D eigenvalue weighted by Gasteiger charge is -2.32. The number of hydrogen-bond acceptors (Lipinski definition) is 4. The van der Waals surface area contributed by atoms with Crippen LogP contribution in [-0.4, -0.2) is 37.6 Å². The van der Waals surface area contributed by atoms with Gasteiger partial charge in [0.25, 0.3) is 0 Å². The van der Waals surface area contributed by atoms with Crippen LogP contribution in [0.3, 0.4) is 0 Å². The van der Waals surface area contributed by atoms with Gasteiger partial charge in [0.2, 0.25) is 0 Å². The number of aromatic nitrogens is 4. The molecule has 0 unspecified atom stereocenters. The first-order valence-corrected chi connectivity index (χ1v) is 8.64. The number of rotatable bonds is 3. The third-order valence-corrected chi connectivity index (χ3v) is 5.05. The molecule has 1 aliphatic heterocycles. The molecule has 4 rings (SSSR count). The second kappa shape index (κ2) is 6.32. The maximum absolute atomic E-state index is 4.62. The molecule has 1 fully saturated rings. The zero-order valence-electron chi connectivity index (χ0n) is 14.3. The van der Waals surface area contributed by atoms with E-state index in [0.717, 1.165) is 31.0 Å². The lowest BCUT2D eigenvalue weighted by molar-refractivity contribution is 0.202. The topological polar surface area (TPSA) is 46.3 Å². The molecule has 0 spiro atoms.